The van der Waals surface area contributed by atoms with Crippen molar-refractivity contribution in [2.24, 2.45) is 0 Å². The highest BCUT2D eigenvalue weighted by Gasteiger charge is 2.37. The van der Waals surface area contributed by atoms with Crippen LogP contribution in [0.1, 0.15) is 12.5 Å². The topological polar surface area (TPSA) is 38.3 Å². The van der Waals surface area contributed by atoms with Crippen LogP contribution in [0.4, 0.5) is 0 Å². The normalized spacial score (nSPS) is 13.5. The van der Waals surface area contributed by atoms with Crippen molar-refractivity contribution < 1.29 is 9.53 Å². The molecule has 0 amide bonds. The van der Waals surface area contributed by atoms with E-state index in [2.05, 4.69) is 11.2 Å². The Hall–Kier alpha value is -1.21. The van der Waals surface area contributed by atoms with Crippen LogP contribution < -0.4 is 5.32 Å². The van der Waals surface area contributed by atoms with Gasteiger partial charge in [-0.2, -0.15) is 0 Å². The molecule has 0 aliphatic heterocycles. The Balaban J connectivity index is 3.25. The summed E-state index contributed by atoms with van der Waals surface area (Å²) >= 11 is 11.9. The van der Waals surface area contributed by atoms with Crippen LogP contribution in [0.25, 0.3) is 0 Å². The Morgan fingerprint density at radius 2 is 2.22 bits per heavy atom. The molecule has 18 heavy (non-hydrogen) atoms. The standard InChI is InChI=1S/C13H13Cl2NO2/c1-4-7-16-13(2,12(17)18-3)10-6-5-9(14)8-11(10)15/h1,5-6,8,16H,7H2,2-3H3. The summed E-state index contributed by atoms with van der Waals surface area (Å²) < 4.78 is 4.79. The van der Waals surface area contributed by atoms with Crippen LogP contribution in [0, 0.1) is 12.3 Å². The van der Waals surface area contributed by atoms with Gasteiger partial charge < -0.3 is 4.74 Å². The van der Waals surface area contributed by atoms with Gasteiger partial charge in [0.25, 0.3) is 0 Å². The number of halogens is 2. The first kappa shape index (κ1) is 14.8. The first-order valence-electron chi connectivity index (χ1n) is 5.18. The van der Waals surface area contributed by atoms with Crippen molar-refractivity contribution in [2.75, 3.05) is 13.7 Å². The molecule has 0 saturated heterocycles. The van der Waals surface area contributed by atoms with Crippen molar-refractivity contribution in [3.63, 3.8) is 0 Å². The van der Waals surface area contributed by atoms with E-state index in [1.807, 2.05) is 0 Å². The predicted octanol–water partition coefficient (Wildman–Crippen LogP) is 2.60. The van der Waals surface area contributed by atoms with Gasteiger partial charge in [0.1, 0.15) is 5.54 Å². The van der Waals surface area contributed by atoms with Crippen LogP contribution >= 0.6 is 23.2 Å². The Kier molecular flexibility index (Phi) is 5.03. The first-order valence-corrected chi connectivity index (χ1v) is 5.93. The fourth-order valence-electron chi connectivity index (χ4n) is 1.60. The van der Waals surface area contributed by atoms with Gasteiger partial charge in [-0.25, -0.2) is 4.79 Å². The molecule has 1 atom stereocenters. The maximum atomic E-state index is 11.9. The van der Waals surface area contributed by atoms with Gasteiger partial charge in [0.15, 0.2) is 0 Å². The Bertz CT molecular complexity index is 496. The number of methoxy groups -OCH3 is 1. The average molecular weight is 286 g/mol. The largest absolute Gasteiger partial charge is 0.467 e. The van der Waals surface area contributed by atoms with Crippen LogP contribution in [0.15, 0.2) is 18.2 Å². The van der Waals surface area contributed by atoms with Gasteiger partial charge in [0.05, 0.1) is 13.7 Å². The van der Waals surface area contributed by atoms with Crippen molar-refractivity contribution >= 4 is 29.2 Å². The molecule has 1 unspecified atom stereocenters. The highest BCUT2D eigenvalue weighted by atomic mass is 35.5. The number of carbonyl (C=O) groups excluding carboxylic acids is 1. The zero-order valence-electron chi connectivity index (χ0n) is 10.1. The van der Waals surface area contributed by atoms with Gasteiger partial charge >= 0.3 is 5.97 Å². The molecule has 0 bridgehead atoms. The number of carbonyl (C=O) groups is 1. The molecule has 0 fully saturated rings. The molecule has 0 spiro atoms. The molecule has 0 saturated carbocycles. The van der Waals surface area contributed by atoms with E-state index in [4.69, 9.17) is 34.4 Å². The van der Waals surface area contributed by atoms with E-state index in [9.17, 15) is 4.79 Å². The van der Waals surface area contributed by atoms with E-state index in [-0.39, 0.29) is 6.54 Å². The van der Waals surface area contributed by atoms with Crippen molar-refractivity contribution in [3.8, 4) is 12.3 Å². The molecule has 0 heterocycles. The van der Waals surface area contributed by atoms with E-state index in [0.717, 1.165) is 0 Å². The summed E-state index contributed by atoms with van der Waals surface area (Å²) in [7, 11) is 1.31. The van der Waals surface area contributed by atoms with Gasteiger partial charge in [-0.05, 0) is 19.1 Å². The summed E-state index contributed by atoms with van der Waals surface area (Å²) in [6, 6.07) is 4.89. The van der Waals surface area contributed by atoms with Crippen molar-refractivity contribution in [2.45, 2.75) is 12.5 Å². The molecular weight excluding hydrogens is 273 g/mol. The fourth-order valence-corrected chi connectivity index (χ4v) is 2.20. The van der Waals surface area contributed by atoms with E-state index >= 15 is 0 Å². The van der Waals surface area contributed by atoms with Gasteiger partial charge in [-0.3, -0.25) is 5.32 Å². The molecule has 96 valence electrons. The van der Waals surface area contributed by atoms with Crippen LogP contribution in [0.2, 0.25) is 10.0 Å². The van der Waals surface area contributed by atoms with Crippen molar-refractivity contribution in [3.05, 3.63) is 33.8 Å². The smallest absolute Gasteiger partial charge is 0.330 e. The van der Waals surface area contributed by atoms with E-state index in [0.29, 0.717) is 15.6 Å². The Labute approximate surface area is 116 Å². The molecule has 1 rings (SSSR count). The molecule has 0 aromatic heterocycles. The number of nitrogens with one attached hydrogen (secondary N) is 1. The Morgan fingerprint density at radius 1 is 1.56 bits per heavy atom. The SMILES string of the molecule is C#CCNC(C)(C(=O)OC)c1ccc(Cl)cc1Cl. The number of esters is 1. The Morgan fingerprint density at radius 3 is 2.72 bits per heavy atom. The van der Waals surface area contributed by atoms with Gasteiger partial charge in [-0.1, -0.05) is 35.2 Å². The number of hydrogen-bond acceptors (Lipinski definition) is 3. The molecule has 1 N–H and O–H groups in total. The summed E-state index contributed by atoms with van der Waals surface area (Å²) in [6.45, 7) is 1.87. The van der Waals surface area contributed by atoms with E-state index < -0.39 is 11.5 Å². The molecule has 3 nitrogen and oxygen atoms in total. The quantitative estimate of drug-likeness (QED) is 0.683. The zero-order valence-corrected chi connectivity index (χ0v) is 11.6. The highest BCUT2D eigenvalue weighted by molar-refractivity contribution is 6.35. The van der Waals surface area contributed by atoms with Gasteiger partial charge in [0.2, 0.25) is 0 Å². The van der Waals surface area contributed by atoms with Crippen LogP contribution in [0.3, 0.4) is 0 Å². The third-order valence-corrected chi connectivity index (χ3v) is 3.16. The van der Waals surface area contributed by atoms with Crippen molar-refractivity contribution in [1.82, 2.24) is 5.32 Å². The lowest BCUT2D eigenvalue weighted by atomic mass is 9.92. The summed E-state index contributed by atoms with van der Waals surface area (Å²) in [6.07, 6.45) is 5.20. The summed E-state index contributed by atoms with van der Waals surface area (Å²) in [5, 5.41) is 3.80. The highest BCUT2D eigenvalue weighted by Crippen LogP contribution is 2.31. The molecular formula is C13H13Cl2NO2. The second kappa shape index (κ2) is 6.10. The number of terminal acetylenes is 1. The molecule has 0 aliphatic rings. The van der Waals surface area contributed by atoms with Crippen LogP contribution in [0.5, 0.6) is 0 Å². The lowest BCUT2D eigenvalue weighted by molar-refractivity contribution is -0.148. The maximum absolute atomic E-state index is 11.9. The summed E-state index contributed by atoms with van der Waals surface area (Å²) in [5.74, 6) is 1.94. The average Bonchev–Trinajstić information content (AvgIpc) is 2.34. The summed E-state index contributed by atoms with van der Waals surface area (Å²) in [4.78, 5) is 11.9. The number of hydrogen-bond donors (Lipinski definition) is 1. The minimum atomic E-state index is -1.11. The lowest BCUT2D eigenvalue weighted by Gasteiger charge is -2.28. The van der Waals surface area contributed by atoms with E-state index in [1.54, 1.807) is 25.1 Å². The molecule has 1 aromatic carbocycles. The summed E-state index contributed by atoms with van der Waals surface area (Å²) in [5.41, 5.74) is -0.543. The first-order chi connectivity index (χ1) is 8.45. The third-order valence-electron chi connectivity index (χ3n) is 2.61. The van der Waals surface area contributed by atoms with E-state index in [1.165, 1.54) is 7.11 Å². The number of benzene rings is 1. The second-order valence-electron chi connectivity index (χ2n) is 3.80. The monoisotopic (exact) mass is 285 g/mol. The third kappa shape index (κ3) is 2.97. The maximum Gasteiger partial charge on any atom is 0.330 e. The number of rotatable bonds is 4. The molecule has 1 aromatic rings. The zero-order chi connectivity index (χ0) is 13.8. The second-order valence-corrected chi connectivity index (χ2v) is 4.64. The fraction of sp³-hybridized carbons (Fsp3) is 0.308. The molecule has 0 aliphatic carbocycles. The number of ether oxygens (including phenoxy) is 1. The van der Waals surface area contributed by atoms with Crippen molar-refractivity contribution in [1.29, 1.82) is 0 Å². The van der Waals surface area contributed by atoms with Crippen LogP contribution in [-0.2, 0) is 15.1 Å². The van der Waals surface area contributed by atoms with Crippen LogP contribution in [-0.4, -0.2) is 19.6 Å². The lowest BCUT2D eigenvalue weighted by Crippen LogP contribution is -2.47. The molecule has 5 heteroatoms. The molecule has 0 radical (unpaired) electrons. The predicted molar refractivity (Wildman–Crippen MR) is 72.7 cm³/mol. The van der Waals surface area contributed by atoms with Gasteiger partial charge in [0, 0.05) is 15.6 Å². The minimum absolute atomic E-state index is 0.213. The minimum Gasteiger partial charge on any atom is -0.467 e. The van der Waals surface area contributed by atoms with Gasteiger partial charge in [-0.15, -0.1) is 6.42 Å².